The molecule has 0 aromatic heterocycles. The zero-order valence-corrected chi connectivity index (χ0v) is 6.55. The van der Waals surface area contributed by atoms with Crippen LogP contribution in [0.15, 0.2) is 23.8 Å². The van der Waals surface area contributed by atoms with Crippen molar-refractivity contribution < 1.29 is 4.79 Å². The van der Waals surface area contributed by atoms with Crippen molar-refractivity contribution in [3.05, 3.63) is 23.8 Å². The number of Topliss-reactive ketones (excluding diaryl/α,β-unsaturated/α-hetero) is 1. The van der Waals surface area contributed by atoms with Crippen molar-refractivity contribution in [1.82, 2.24) is 0 Å². The molecule has 0 spiro atoms. The van der Waals surface area contributed by atoms with Gasteiger partial charge in [-0.2, -0.15) is 0 Å². The molecule has 1 saturated carbocycles. The molecule has 0 atom stereocenters. The van der Waals surface area contributed by atoms with Gasteiger partial charge >= 0.3 is 0 Å². The van der Waals surface area contributed by atoms with E-state index in [0.717, 1.165) is 24.8 Å². The van der Waals surface area contributed by atoms with Crippen LogP contribution in [0.2, 0.25) is 0 Å². The van der Waals surface area contributed by atoms with Crippen LogP contribution in [0, 0.1) is 5.92 Å². The molecule has 2 aliphatic carbocycles. The maximum absolute atomic E-state index is 11.5. The van der Waals surface area contributed by atoms with Crippen molar-refractivity contribution >= 4 is 5.78 Å². The lowest BCUT2D eigenvalue weighted by molar-refractivity contribution is -0.121. The standard InChI is InChI=1S/C10H12O/c11-10(9-6-3-7-9)8-4-1-2-5-8/h1-2,4,9H,3,5-7H2. The quantitative estimate of drug-likeness (QED) is 0.587. The van der Waals surface area contributed by atoms with Gasteiger partial charge in [0, 0.05) is 5.92 Å². The molecule has 1 nitrogen and oxygen atoms in total. The summed E-state index contributed by atoms with van der Waals surface area (Å²) in [6.45, 7) is 0. The molecular formula is C10H12O. The van der Waals surface area contributed by atoms with E-state index in [1.54, 1.807) is 0 Å². The van der Waals surface area contributed by atoms with Crippen LogP contribution in [0.25, 0.3) is 0 Å². The molecule has 0 aromatic carbocycles. The fourth-order valence-electron chi connectivity index (χ4n) is 1.56. The Morgan fingerprint density at radius 3 is 2.73 bits per heavy atom. The highest BCUT2D eigenvalue weighted by molar-refractivity contribution is 5.98. The van der Waals surface area contributed by atoms with E-state index in [1.807, 2.05) is 18.2 Å². The van der Waals surface area contributed by atoms with E-state index in [2.05, 4.69) is 0 Å². The van der Waals surface area contributed by atoms with E-state index < -0.39 is 0 Å². The Morgan fingerprint density at radius 1 is 1.45 bits per heavy atom. The van der Waals surface area contributed by atoms with E-state index in [9.17, 15) is 4.79 Å². The van der Waals surface area contributed by atoms with Crippen molar-refractivity contribution in [1.29, 1.82) is 0 Å². The highest BCUT2D eigenvalue weighted by Crippen LogP contribution is 2.31. The van der Waals surface area contributed by atoms with Gasteiger partial charge in [0.1, 0.15) is 0 Å². The summed E-state index contributed by atoms with van der Waals surface area (Å²) in [5.41, 5.74) is 1.02. The minimum atomic E-state index is 0.376. The molecule has 0 saturated heterocycles. The number of hydrogen-bond donors (Lipinski definition) is 0. The first-order valence-corrected chi connectivity index (χ1v) is 4.28. The Labute approximate surface area is 66.8 Å². The summed E-state index contributed by atoms with van der Waals surface area (Å²) < 4.78 is 0. The average Bonchev–Trinajstić information content (AvgIpc) is 2.32. The van der Waals surface area contributed by atoms with E-state index in [-0.39, 0.29) is 0 Å². The zero-order chi connectivity index (χ0) is 7.68. The van der Waals surface area contributed by atoms with Gasteiger partial charge in [-0.25, -0.2) is 0 Å². The Morgan fingerprint density at radius 2 is 2.27 bits per heavy atom. The normalized spacial score (nSPS) is 23.1. The third-order valence-electron chi connectivity index (χ3n) is 2.56. The van der Waals surface area contributed by atoms with Crippen LogP contribution in [0.3, 0.4) is 0 Å². The molecule has 0 N–H and O–H groups in total. The summed E-state index contributed by atoms with van der Waals surface area (Å²) in [6, 6.07) is 0. The van der Waals surface area contributed by atoms with Gasteiger partial charge in [-0.1, -0.05) is 24.6 Å². The molecule has 0 amide bonds. The number of hydrogen-bond acceptors (Lipinski definition) is 1. The van der Waals surface area contributed by atoms with Gasteiger partial charge in [0.2, 0.25) is 0 Å². The lowest BCUT2D eigenvalue weighted by Gasteiger charge is -2.24. The third kappa shape index (κ3) is 1.15. The fourth-order valence-corrected chi connectivity index (χ4v) is 1.56. The summed E-state index contributed by atoms with van der Waals surface area (Å²) in [5.74, 6) is 0.780. The molecule has 0 heterocycles. The first-order chi connectivity index (χ1) is 5.38. The van der Waals surface area contributed by atoms with Gasteiger partial charge < -0.3 is 0 Å². The summed E-state index contributed by atoms with van der Waals surface area (Å²) >= 11 is 0. The first-order valence-electron chi connectivity index (χ1n) is 4.28. The second-order valence-corrected chi connectivity index (χ2v) is 3.32. The van der Waals surface area contributed by atoms with E-state index in [4.69, 9.17) is 0 Å². The molecule has 1 heteroatoms. The Balaban J connectivity index is 1.99. The largest absolute Gasteiger partial charge is 0.294 e. The van der Waals surface area contributed by atoms with Crippen LogP contribution in [0.5, 0.6) is 0 Å². The third-order valence-corrected chi connectivity index (χ3v) is 2.56. The highest BCUT2D eigenvalue weighted by atomic mass is 16.1. The van der Waals surface area contributed by atoms with Gasteiger partial charge in [-0.15, -0.1) is 0 Å². The van der Waals surface area contributed by atoms with Gasteiger partial charge in [-0.05, 0) is 24.8 Å². The van der Waals surface area contributed by atoms with Gasteiger partial charge in [0.15, 0.2) is 5.78 Å². The van der Waals surface area contributed by atoms with Crippen molar-refractivity contribution in [2.45, 2.75) is 25.7 Å². The minimum absolute atomic E-state index is 0.376. The average molecular weight is 148 g/mol. The monoisotopic (exact) mass is 148 g/mol. The molecule has 0 bridgehead atoms. The molecule has 0 unspecified atom stereocenters. The second kappa shape index (κ2) is 2.65. The maximum atomic E-state index is 11.5. The van der Waals surface area contributed by atoms with Crippen LogP contribution in [0.1, 0.15) is 25.7 Å². The second-order valence-electron chi connectivity index (χ2n) is 3.32. The van der Waals surface area contributed by atoms with Crippen LogP contribution in [0.4, 0.5) is 0 Å². The smallest absolute Gasteiger partial charge is 0.162 e. The van der Waals surface area contributed by atoms with Crippen molar-refractivity contribution in [2.75, 3.05) is 0 Å². The zero-order valence-electron chi connectivity index (χ0n) is 6.55. The molecule has 0 aliphatic heterocycles. The van der Waals surface area contributed by atoms with E-state index >= 15 is 0 Å². The predicted octanol–water partition coefficient (Wildman–Crippen LogP) is 2.24. The van der Waals surface area contributed by atoms with Gasteiger partial charge in [0.25, 0.3) is 0 Å². The molecule has 2 aliphatic rings. The SMILES string of the molecule is O=C(C1=CC=CC1)C1CCC1. The van der Waals surface area contributed by atoms with E-state index in [0.29, 0.717) is 11.7 Å². The number of allylic oxidation sites excluding steroid dienone is 4. The van der Waals surface area contributed by atoms with Crippen LogP contribution < -0.4 is 0 Å². The molecular weight excluding hydrogens is 136 g/mol. The summed E-state index contributed by atoms with van der Waals surface area (Å²) in [6.07, 6.45) is 10.3. The number of ketones is 1. The molecule has 0 radical (unpaired) electrons. The molecule has 0 aromatic rings. The van der Waals surface area contributed by atoms with Gasteiger partial charge in [-0.3, -0.25) is 4.79 Å². The number of carbonyl (C=O) groups is 1. The maximum Gasteiger partial charge on any atom is 0.162 e. The summed E-state index contributed by atoms with van der Waals surface area (Å²) in [5, 5.41) is 0. The van der Waals surface area contributed by atoms with Crippen molar-refractivity contribution in [3.8, 4) is 0 Å². The number of carbonyl (C=O) groups excluding carboxylic acids is 1. The molecule has 1 fully saturated rings. The Kier molecular flexibility index (Phi) is 1.65. The minimum Gasteiger partial charge on any atom is -0.294 e. The summed E-state index contributed by atoms with van der Waals surface area (Å²) in [7, 11) is 0. The van der Waals surface area contributed by atoms with Crippen LogP contribution >= 0.6 is 0 Å². The molecule has 58 valence electrons. The summed E-state index contributed by atoms with van der Waals surface area (Å²) in [4.78, 5) is 11.5. The first kappa shape index (κ1) is 6.84. The van der Waals surface area contributed by atoms with E-state index in [1.165, 1.54) is 6.42 Å². The van der Waals surface area contributed by atoms with Crippen molar-refractivity contribution in [2.24, 2.45) is 5.92 Å². The number of rotatable bonds is 2. The molecule has 11 heavy (non-hydrogen) atoms. The lowest BCUT2D eigenvalue weighted by Crippen LogP contribution is -2.22. The van der Waals surface area contributed by atoms with Crippen LogP contribution in [-0.4, -0.2) is 5.78 Å². The van der Waals surface area contributed by atoms with Crippen LogP contribution in [-0.2, 0) is 4.79 Å². The predicted molar refractivity (Wildman–Crippen MR) is 44.2 cm³/mol. The van der Waals surface area contributed by atoms with Crippen molar-refractivity contribution in [3.63, 3.8) is 0 Å². The lowest BCUT2D eigenvalue weighted by atomic mass is 9.79. The Bertz CT molecular complexity index is 231. The van der Waals surface area contributed by atoms with Gasteiger partial charge in [0.05, 0.1) is 0 Å². The topological polar surface area (TPSA) is 17.1 Å². The Hall–Kier alpha value is -0.850. The highest BCUT2D eigenvalue weighted by Gasteiger charge is 2.27. The molecule has 2 rings (SSSR count). The fraction of sp³-hybridized carbons (Fsp3) is 0.500.